The van der Waals surface area contributed by atoms with Crippen LogP contribution in [0.25, 0.3) is 10.9 Å². The van der Waals surface area contributed by atoms with E-state index in [1.165, 1.54) is 0 Å². The van der Waals surface area contributed by atoms with Crippen LogP contribution in [0.4, 0.5) is 0 Å². The highest BCUT2D eigenvalue weighted by atomic mass is 35.5. The maximum Gasteiger partial charge on any atom is 0.181 e. The van der Waals surface area contributed by atoms with Crippen molar-refractivity contribution in [2.75, 3.05) is 6.54 Å². The maximum absolute atomic E-state index is 12.5. The third kappa shape index (κ3) is 1.93. The van der Waals surface area contributed by atoms with Gasteiger partial charge < -0.3 is 10.3 Å². The van der Waals surface area contributed by atoms with E-state index in [2.05, 4.69) is 10.3 Å². The third-order valence-corrected chi connectivity index (χ3v) is 3.86. The summed E-state index contributed by atoms with van der Waals surface area (Å²) in [6, 6.07) is 5.58. The quantitative estimate of drug-likeness (QED) is 0.817. The van der Waals surface area contributed by atoms with Crippen LogP contribution in [0.15, 0.2) is 24.4 Å². The van der Waals surface area contributed by atoms with Gasteiger partial charge in [-0.05, 0) is 31.5 Å². The van der Waals surface area contributed by atoms with Crippen molar-refractivity contribution < 1.29 is 4.79 Å². The van der Waals surface area contributed by atoms with E-state index in [1.807, 2.05) is 18.2 Å². The molecule has 2 heterocycles. The molecule has 1 atom stereocenters. The highest BCUT2D eigenvalue weighted by Gasteiger charge is 2.24. The molecule has 18 heavy (non-hydrogen) atoms. The number of ketones is 1. The van der Waals surface area contributed by atoms with Gasteiger partial charge in [-0.2, -0.15) is 0 Å². The van der Waals surface area contributed by atoms with Gasteiger partial charge in [0.15, 0.2) is 5.78 Å². The van der Waals surface area contributed by atoms with Crippen LogP contribution in [0.1, 0.15) is 29.6 Å². The molecule has 94 valence electrons. The number of hydrogen-bond donors (Lipinski definition) is 2. The topological polar surface area (TPSA) is 44.9 Å². The first-order chi connectivity index (χ1) is 8.77. The first-order valence-corrected chi connectivity index (χ1v) is 6.68. The smallest absolute Gasteiger partial charge is 0.181 e. The number of carbonyl (C=O) groups excluding carboxylic acids is 1. The Balaban J connectivity index is 2.01. The highest BCUT2D eigenvalue weighted by molar-refractivity contribution is 6.37. The van der Waals surface area contributed by atoms with Crippen LogP contribution in [0.3, 0.4) is 0 Å². The lowest BCUT2D eigenvalue weighted by Gasteiger charge is -2.21. The summed E-state index contributed by atoms with van der Waals surface area (Å²) in [7, 11) is 0. The van der Waals surface area contributed by atoms with Crippen molar-refractivity contribution in [1.82, 2.24) is 10.3 Å². The molecule has 1 aliphatic heterocycles. The summed E-state index contributed by atoms with van der Waals surface area (Å²) in [5.74, 6) is 0.147. The molecule has 0 aliphatic carbocycles. The van der Waals surface area contributed by atoms with Gasteiger partial charge in [-0.1, -0.05) is 24.1 Å². The second-order valence-corrected chi connectivity index (χ2v) is 5.14. The summed E-state index contributed by atoms with van der Waals surface area (Å²) in [5, 5.41) is 4.76. The zero-order valence-electron chi connectivity index (χ0n) is 10.0. The summed E-state index contributed by atoms with van der Waals surface area (Å²) in [6.45, 7) is 0.923. The van der Waals surface area contributed by atoms with Crippen molar-refractivity contribution >= 4 is 28.3 Å². The van der Waals surface area contributed by atoms with Crippen molar-refractivity contribution in [2.45, 2.75) is 25.3 Å². The number of rotatable bonds is 2. The number of piperidine rings is 1. The minimum atomic E-state index is -0.0611. The number of H-pyrrole nitrogens is 1. The molecule has 1 aromatic carbocycles. The molecule has 4 heteroatoms. The van der Waals surface area contributed by atoms with Crippen LogP contribution in [0.2, 0.25) is 5.02 Å². The zero-order chi connectivity index (χ0) is 12.5. The Morgan fingerprint density at radius 1 is 1.33 bits per heavy atom. The SMILES string of the molecule is O=C(c1c[nH]c2cccc(Cl)c12)C1CCCCN1. The van der Waals surface area contributed by atoms with Crippen molar-refractivity contribution in [1.29, 1.82) is 0 Å². The lowest BCUT2D eigenvalue weighted by atomic mass is 9.96. The Bertz CT molecular complexity index is 584. The van der Waals surface area contributed by atoms with Crippen molar-refractivity contribution in [2.24, 2.45) is 0 Å². The number of benzene rings is 1. The van der Waals surface area contributed by atoms with Gasteiger partial charge in [0.25, 0.3) is 0 Å². The van der Waals surface area contributed by atoms with Crippen LogP contribution in [0, 0.1) is 0 Å². The van der Waals surface area contributed by atoms with Crippen molar-refractivity contribution in [3.63, 3.8) is 0 Å². The van der Waals surface area contributed by atoms with Crippen LogP contribution in [-0.4, -0.2) is 23.4 Å². The van der Waals surface area contributed by atoms with E-state index in [0.717, 1.165) is 36.7 Å². The van der Waals surface area contributed by atoms with Crippen molar-refractivity contribution in [3.8, 4) is 0 Å². The second kappa shape index (κ2) is 4.75. The Labute approximate surface area is 111 Å². The van der Waals surface area contributed by atoms with Gasteiger partial charge in [0.1, 0.15) is 0 Å². The number of aromatic amines is 1. The van der Waals surface area contributed by atoms with Gasteiger partial charge in [0, 0.05) is 22.7 Å². The summed E-state index contributed by atoms with van der Waals surface area (Å²) >= 11 is 6.19. The molecular weight excluding hydrogens is 248 g/mol. The minimum absolute atomic E-state index is 0.0611. The lowest BCUT2D eigenvalue weighted by Crippen LogP contribution is -2.40. The van der Waals surface area contributed by atoms with Gasteiger partial charge in [-0.15, -0.1) is 0 Å². The standard InChI is InChI=1S/C14H15ClN2O/c15-10-4-3-6-11-13(10)9(8-17-11)14(18)12-5-1-2-7-16-12/h3-4,6,8,12,16-17H,1-2,5,7H2. The second-order valence-electron chi connectivity index (χ2n) is 4.73. The van der Waals surface area contributed by atoms with E-state index in [0.29, 0.717) is 10.6 Å². The van der Waals surface area contributed by atoms with Gasteiger partial charge in [-0.25, -0.2) is 0 Å². The number of carbonyl (C=O) groups is 1. The molecule has 2 aromatic rings. The van der Waals surface area contributed by atoms with E-state index in [9.17, 15) is 4.79 Å². The first kappa shape index (κ1) is 11.8. The molecule has 1 aliphatic rings. The molecule has 1 fully saturated rings. The van der Waals surface area contributed by atoms with Gasteiger partial charge in [0.2, 0.25) is 0 Å². The predicted octanol–water partition coefficient (Wildman–Crippen LogP) is 3.15. The first-order valence-electron chi connectivity index (χ1n) is 6.30. The molecule has 0 radical (unpaired) electrons. The van der Waals surface area contributed by atoms with E-state index in [-0.39, 0.29) is 11.8 Å². The van der Waals surface area contributed by atoms with E-state index < -0.39 is 0 Å². The highest BCUT2D eigenvalue weighted by Crippen LogP contribution is 2.28. The molecule has 0 bridgehead atoms. The normalized spacial score (nSPS) is 20.2. The zero-order valence-corrected chi connectivity index (χ0v) is 10.8. The molecule has 1 saturated heterocycles. The Hall–Kier alpha value is -1.32. The Kier molecular flexibility index (Phi) is 3.10. The fourth-order valence-electron chi connectivity index (χ4n) is 2.60. The number of hydrogen-bond acceptors (Lipinski definition) is 2. The molecule has 1 unspecified atom stereocenters. The molecule has 0 amide bonds. The average Bonchev–Trinajstić information content (AvgIpc) is 2.84. The molecule has 2 N–H and O–H groups in total. The predicted molar refractivity (Wildman–Crippen MR) is 73.3 cm³/mol. The van der Waals surface area contributed by atoms with E-state index >= 15 is 0 Å². The third-order valence-electron chi connectivity index (χ3n) is 3.55. The largest absolute Gasteiger partial charge is 0.360 e. The van der Waals surface area contributed by atoms with Crippen LogP contribution < -0.4 is 5.32 Å². The number of fused-ring (bicyclic) bond motifs is 1. The fraction of sp³-hybridized carbons (Fsp3) is 0.357. The summed E-state index contributed by atoms with van der Waals surface area (Å²) < 4.78 is 0. The number of Topliss-reactive ketones (excluding diaryl/α,β-unsaturated/α-hetero) is 1. The average molecular weight is 263 g/mol. The molecular formula is C14H15ClN2O. The number of halogens is 1. The fourth-order valence-corrected chi connectivity index (χ4v) is 2.87. The van der Waals surface area contributed by atoms with Crippen LogP contribution >= 0.6 is 11.6 Å². The summed E-state index contributed by atoms with van der Waals surface area (Å²) in [6.07, 6.45) is 4.95. The summed E-state index contributed by atoms with van der Waals surface area (Å²) in [4.78, 5) is 15.6. The number of aromatic nitrogens is 1. The van der Waals surface area contributed by atoms with Gasteiger partial charge in [-0.3, -0.25) is 4.79 Å². The molecule has 1 aromatic heterocycles. The number of nitrogens with one attached hydrogen (secondary N) is 2. The molecule has 3 nitrogen and oxygen atoms in total. The minimum Gasteiger partial charge on any atom is -0.360 e. The van der Waals surface area contributed by atoms with Crippen molar-refractivity contribution in [3.05, 3.63) is 35.0 Å². The molecule has 0 spiro atoms. The van der Waals surface area contributed by atoms with Gasteiger partial charge in [0.05, 0.1) is 11.1 Å². The summed E-state index contributed by atoms with van der Waals surface area (Å²) in [5.41, 5.74) is 1.62. The van der Waals surface area contributed by atoms with E-state index in [1.54, 1.807) is 6.20 Å². The Morgan fingerprint density at radius 3 is 3.00 bits per heavy atom. The molecule has 0 saturated carbocycles. The molecule has 3 rings (SSSR count). The van der Waals surface area contributed by atoms with E-state index in [4.69, 9.17) is 11.6 Å². The lowest BCUT2D eigenvalue weighted by molar-refractivity contribution is 0.0929. The van der Waals surface area contributed by atoms with Crippen LogP contribution in [-0.2, 0) is 0 Å². The Morgan fingerprint density at radius 2 is 2.22 bits per heavy atom. The van der Waals surface area contributed by atoms with Gasteiger partial charge >= 0.3 is 0 Å². The van der Waals surface area contributed by atoms with Crippen LogP contribution in [0.5, 0.6) is 0 Å². The maximum atomic E-state index is 12.5. The monoisotopic (exact) mass is 262 g/mol.